The van der Waals surface area contributed by atoms with Gasteiger partial charge in [-0.15, -0.1) is 0 Å². The Labute approximate surface area is 461 Å². The second kappa shape index (κ2) is 75.1. The minimum atomic E-state index is -0.655. The van der Waals surface area contributed by atoms with E-state index in [0.717, 1.165) is 51.4 Å². The zero-order valence-electron chi connectivity index (χ0n) is 50.4. The minimum Gasteiger partial charge on any atom is -0.481 e. The Morgan fingerprint density at radius 2 is 0.243 bits per heavy atom. The van der Waals surface area contributed by atoms with Crippen LogP contribution in [0.5, 0.6) is 0 Å². The molecule has 0 atom stereocenters. The summed E-state index contributed by atoms with van der Waals surface area (Å²) in [6.45, 7) is 9.05. The van der Waals surface area contributed by atoms with Crippen molar-refractivity contribution in [1.82, 2.24) is 0 Å². The maximum absolute atomic E-state index is 10.3. The third-order valence-corrected chi connectivity index (χ3v) is 14.5. The van der Waals surface area contributed by atoms with Gasteiger partial charge in [0.25, 0.3) is 0 Å². The van der Waals surface area contributed by atoms with Gasteiger partial charge in [0.1, 0.15) is 0 Å². The number of carboxylic acid groups (broad SMARTS) is 4. The van der Waals surface area contributed by atoms with Crippen molar-refractivity contribution in [1.29, 1.82) is 0 Å². The summed E-state index contributed by atoms with van der Waals surface area (Å²) < 4.78 is 0. The van der Waals surface area contributed by atoms with Gasteiger partial charge in [0, 0.05) is 25.7 Å². The lowest BCUT2D eigenvalue weighted by Gasteiger charge is -2.03. The highest BCUT2D eigenvalue weighted by Crippen LogP contribution is 2.17. The van der Waals surface area contributed by atoms with Crippen molar-refractivity contribution < 1.29 is 39.6 Å². The normalized spacial score (nSPS) is 10.8. The summed E-state index contributed by atoms with van der Waals surface area (Å²) >= 11 is 0. The van der Waals surface area contributed by atoms with Crippen LogP contribution in [-0.4, -0.2) is 44.3 Å². The van der Waals surface area contributed by atoms with E-state index >= 15 is 0 Å². The first-order valence-corrected chi connectivity index (χ1v) is 33.0. The molecule has 0 aliphatic rings. The molecule has 0 saturated carbocycles. The Balaban J connectivity index is -0.000000442. The SMILES string of the molecule is CCCCCCCCCCCCCCC(=O)O.CCCCCCCCCCCCCCCC(=O)O.CCCCCCCCCCCCCCCCC(=O)O.CCCCCCCCCCCCCCCCCC(=O)O. The molecular formula is C66H132O8. The van der Waals surface area contributed by atoms with Gasteiger partial charge in [-0.1, -0.05) is 349 Å². The molecule has 0 spiro atoms. The van der Waals surface area contributed by atoms with Crippen LogP contribution < -0.4 is 0 Å². The smallest absolute Gasteiger partial charge is 0.303 e. The lowest BCUT2D eigenvalue weighted by molar-refractivity contribution is -0.138. The van der Waals surface area contributed by atoms with Crippen molar-refractivity contribution >= 4 is 23.9 Å². The number of aliphatic carboxylic acids is 4. The predicted octanol–water partition coefficient (Wildman–Crippen LogP) is 23.0. The summed E-state index contributed by atoms with van der Waals surface area (Å²) in [4.78, 5) is 41.2. The highest BCUT2D eigenvalue weighted by Gasteiger charge is 2.01. The molecule has 0 heterocycles. The summed E-state index contributed by atoms with van der Waals surface area (Å²) in [5.41, 5.74) is 0. The van der Waals surface area contributed by atoms with E-state index in [4.69, 9.17) is 20.4 Å². The van der Waals surface area contributed by atoms with Crippen LogP contribution in [-0.2, 0) is 19.2 Å². The van der Waals surface area contributed by atoms with Gasteiger partial charge in [0.05, 0.1) is 0 Å². The number of unbranched alkanes of at least 4 members (excludes halogenated alkanes) is 50. The predicted molar refractivity (Wildman–Crippen MR) is 321 cm³/mol. The molecule has 444 valence electrons. The van der Waals surface area contributed by atoms with Gasteiger partial charge >= 0.3 is 23.9 Å². The van der Waals surface area contributed by atoms with Gasteiger partial charge in [-0.25, -0.2) is 0 Å². The second-order valence-electron chi connectivity index (χ2n) is 22.3. The van der Waals surface area contributed by atoms with Crippen LogP contribution in [0.3, 0.4) is 0 Å². The van der Waals surface area contributed by atoms with Crippen LogP contribution in [0.1, 0.15) is 400 Å². The van der Waals surface area contributed by atoms with E-state index in [1.807, 2.05) is 0 Å². The highest BCUT2D eigenvalue weighted by atomic mass is 16.4. The molecule has 0 aliphatic heterocycles. The molecule has 0 saturated heterocycles. The van der Waals surface area contributed by atoms with Gasteiger partial charge in [0.2, 0.25) is 0 Å². The van der Waals surface area contributed by atoms with Crippen LogP contribution in [0.25, 0.3) is 0 Å². The topological polar surface area (TPSA) is 149 Å². The minimum absolute atomic E-state index is 0.345. The fraction of sp³-hybridized carbons (Fsp3) is 0.939. The number of rotatable bonds is 58. The monoisotopic (exact) mass is 1050 g/mol. The molecule has 0 aromatic heterocycles. The van der Waals surface area contributed by atoms with Crippen LogP contribution in [0.2, 0.25) is 0 Å². The van der Waals surface area contributed by atoms with E-state index in [9.17, 15) is 19.2 Å². The zero-order chi connectivity index (χ0) is 55.3. The molecule has 0 aromatic carbocycles. The Morgan fingerprint density at radius 3 is 0.324 bits per heavy atom. The molecule has 0 aromatic rings. The van der Waals surface area contributed by atoms with E-state index in [1.165, 1.54) is 295 Å². The molecule has 8 heteroatoms. The molecule has 0 radical (unpaired) electrons. The molecule has 0 unspecified atom stereocenters. The molecular weight excluding hydrogens is 921 g/mol. The first kappa shape index (κ1) is 78.4. The molecule has 0 rings (SSSR count). The summed E-state index contributed by atoms with van der Waals surface area (Å²) in [6.07, 6.45) is 72.0. The van der Waals surface area contributed by atoms with Gasteiger partial charge in [-0.3, -0.25) is 19.2 Å². The average Bonchev–Trinajstić information content (AvgIpc) is 3.37. The Bertz CT molecular complexity index is 1060. The summed E-state index contributed by atoms with van der Waals surface area (Å²) in [5, 5.41) is 34.0. The van der Waals surface area contributed by atoms with Crippen LogP contribution in [0.4, 0.5) is 0 Å². The third kappa shape index (κ3) is 92.5. The Kier molecular flexibility index (Phi) is 79.6. The van der Waals surface area contributed by atoms with Gasteiger partial charge in [-0.2, -0.15) is 0 Å². The van der Waals surface area contributed by atoms with Gasteiger partial charge < -0.3 is 20.4 Å². The molecule has 0 aliphatic carbocycles. The van der Waals surface area contributed by atoms with E-state index in [2.05, 4.69) is 27.7 Å². The second-order valence-corrected chi connectivity index (χ2v) is 22.3. The fourth-order valence-corrected chi connectivity index (χ4v) is 9.53. The number of carbonyl (C=O) groups is 4. The lowest BCUT2D eigenvalue weighted by atomic mass is 10.0. The van der Waals surface area contributed by atoms with Gasteiger partial charge in [0.15, 0.2) is 0 Å². The lowest BCUT2D eigenvalue weighted by Crippen LogP contribution is -1.93. The molecule has 0 amide bonds. The standard InChI is InChI=1S/C18H36O2.C17H34O2.C16H32O2.C15H30O2/c1-2-3-4-5-6-7-8-9-10-11-12-13-14-15-16-17-18(19)20;1-2-3-4-5-6-7-8-9-10-11-12-13-14-15-16-17(18)19;1-2-3-4-5-6-7-8-9-10-11-12-13-14-15-16(17)18;1-2-3-4-5-6-7-8-9-10-11-12-13-14-15(16)17/h2-17H2,1H3,(H,19,20);2-16H2,1H3,(H,18,19);2-15H2,1H3,(H,17,18);2-14H2,1H3,(H,16,17). The fourth-order valence-electron chi connectivity index (χ4n) is 9.53. The third-order valence-electron chi connectivity index (χ3n) is 14.5. The maximum Gasteiger partial charge on any atom is 0.303 e. The van der Waals surface area contributed by atoms with Crippen LogP contribution in [0, 0.1) is 0 Å². The molecule has 0 bridgehead atoms. The molecule has 0 fully saturated rings. The van der Waals surface area contributed by atoms with Gasteiger partial charge in [-0.05, 0) is 25.7 Å². The maximum atomic E-state index is 10.3. The van der Waals surface area contributed by atoms with E-state index < -0.39 is 23.9 Å². The van der Waals surface area contributed by atoms with Crippen molar-refractivity contribution in [3.8, 4) is 0 Å². The largest absolute Gasteiger partial charge is 0.481 e. The summed E-state index contributed by atoms with van der Waals surface area (Å²) in [6, 6.07) is 0. The van der Waals surface area contributed by atoms with Crippen molar-refractivity contribution in [2.45, 2.75) is 400 Å². The zero-order valence-corrected chi connectivity index (χ0v) is 50.4. The van der Waals surface area contributed by atoms with E-state index in [1.54, 1.807) is 0 Å². The highest BCUT2D eigenvalue weighted by molar-refractivity contribution is 5.67. The number of carboxylic acids is 4. The number of hydrogen-bond acceptors (Lipinski definition) is 4. The van der Waals surface area contributed by atoms with Crippen molar-refractivity contribution in [2.24, 2.45) is 0 Å². The molecule has 74 heavy (non-hydrogen) atoms. The average molecular weight is 1050 g/mol. The first-order chi connectivity index (χ1) is 36.1. The number of hydrogen-bond donors (Lipinski definition) is 4. The van der Waals surface area contributed by atoms with Crippen molar-refractivity contribution in [2.75, 3.05) is 0 Å². The van der Waals surface area contributed by atoms with Crippen molar-refractivity contribution in [3.63, 3.8) is 0 Å². The van der Waals surface area contributed by atoms with E-state index in [-0.39, 0.29) is 0 Å². The van der Waals surface area contributed by atoms with Crippen LogP contribution in [0.15, 0.2) is 0 Å². The summed E-state index contributed by atoms with van der Waals surface area (Å²) in [7, 11) is 0. The first-order valence-electron chi connectivity index (χ1n) is 33.0. The summed E-state index contributed by atoms with van der Waals surface area (Å²) in [5.74, 6) is -2.62. The Hall–Kier alpha value is -2.12. The Morgan fingerprint density at radius 1 is 0.162 bits per heavy atom. The molecule has 4 N–H and O–H groups in total. The van der Waals surface area contributed by atoms with Crippen LogP contribution >= 0.6 is 0 Å². The van der Waals surface area contributed by atoms with Crippen molar-refractivity contribution in [3.05, 3.63) is 0 Å². The quantitative estimate of drug-likeness (QED) is 0.0440. The van der Waals surface area contributed by atoms with E-state index in [0.29, 0.717) is 25.7 Å². The molecule has 8 nitrogen and oxygen atoms in total.